The third kappa shape index (κ3) is 19.0. The summed E-state index contributed by atoms with van der Waals surface area (Å²) in [6, 6.07) is 6.02. The first-order chi connectivity index (χ1) is 46.2. The Kier molecular flexibility index (Phi) is 23.8. The minimum Gasteiger partial charge on any atom is -0.378 e. The van der Waals surface area contributed by atoms with Crippen molar-refractivity contribution in [1.29, 1.82) is 0 Å². The van der Waals surface area contributed by atoms with Crippen LogP contribution in [0.15, 0.2) is 0 Å². The van der Waals surface area contributed by atoms with E-state index in [1.54, 1.807) is 122 Å². The van der Waals surface area contributed by atoms with E-state index in [9.17, 15) is 0 Å². The van der Waals surface area contributed by atoms with Gasteiger partial charge in [-0.05, 0) is 327 Å². The number of piperidine rings is 1. The van der Waals surface area contributed by atoms with Crippen molar-refractivity contribution in [3.05, 3.63) is 0 Å². The molecular weight excluding hydrogens is 1160 g/mol. The Morgan fingerprint density at radius 1 is 0.160 bits per heavy atom. The van der Waals surface area contributed by atoms with Crippen molar-refractivity contribution in [2.24, 2.45) is 82.9 Å². The first-order valence-electron chi connectivity index (χ1n) is 42.5. The Bertz CT molecular complexity index is 1640. The lowest BCUT2D eigenvalue weighted by atomic mass is 9.56. The fraction of sp³-hybridized carbons (Fsp3) is 1.00. The Morgan fingerprint density at radius 2 is 0.511 bits per heavy atom. The van der Waals surface area contributed by atoms with Crippen molar-refractivity contribution in [3.8, 4) is 0 Å². The first kappa shape index (κ1) is 68.0. The van der Waals surface area contributed by atoms with E-state index in [-0.39, 0.29) is 0 Å². The Labute approximate surface area is 572 Å². The minimum absolute atomic E-state index is 0.560. The number of ether oxygens (including phenoxy) is 6. The minimum atomic E-state index is 0.560. The molecule has 10 atom stereocenters. The van der Waals surface area contributed by atoms with Crippen molar-refractivity contribution >= 4 is 0 Å². The number of piperazine rings is 1. The summed E-state index contributed by atoms with van der Waals surface area (Å²) >= 11 is 0. The average Bonchev–Trinajstić information content (AvgIpc) is 1.56. The summed E-state index contributed by atoms with van der Waals surface area (Å²) in [6.45, 7) is 9.18. The highest BCUT2D eigenvalue weighted by Crippen LogP contribution is 2.54. The number of rotatable bonds is 0. The van der Waals surface area contributed by atoms with E-state index in [2.05, 4.69) is 31.9 Å². The smallest absolute Gasteiger partial charge is 0.0716 e. The van der Waals surface area contributed by atoms with Gasteiger partial charge in [-0.15, -0.1) is 0 Å². The van der Waals surface area contributed by atoms with Crippen LogP contribution >= 0.6 is 0 Å². The molecule has 534 valence electrons. The van der Waals surface area contributed by atoms with Crippen molar-refractivity contribution < 1.29 is 28.4 Å². The maximum Gasteiger partial charge on any atom is 0.0716 e. The molecule has 0 aromatic carbocycles. The van der Waals surface area contributed by atoms with Crippen LogP contribution in [-0.2, 0) is 28.4 Å². The second kappa shape index (κ2) is 32.9. The first-order valence-corrected chi connectivity index (χ1v) is 42.5. The van der Waals surface area contributed by atoms with Gasteiger partial charge in [-0.1, -0.05) is 51.4 Å². The van der Waals surface area contributed by atoms with Crippen LogP contribution in [0.3, 0.4) is 0 Å². The SMILES string of the molecule is C1C2CC1C2.C1C2CC1C2.C1C2CC1O2.C1CC2CC1C2.C1CC2CC1C2.C1CC2CC1CN2.C1CC2CC1CO2.C1CC2CC1O2.C1CC2CCC1C2.C1CC2CCC1N2.C1CC2CCC1O2.C1NC2CC1C2.C1NC2CNC1C2.C1OC2CC1C2.C1OC2CNC1C2. The zero-order valence-electron chi connectivity index (χ0n) is 59.5. The van der Waals surface area contributed by atoms with Gasteiger partial charge in [0.1, 0.15) is 0 Å². The molecule has 20 aliphatic carbocycles. The van der Waals surface area contributed by atoms with Crippen LogP contribution < -0.4 is 31.9 Å². The number of hydrogen-bond donors (Lipinski definition) is 6. The van der Waals surface area contributed by atoms with Crippen molar-refractivity contribution in [2.75, 3.05) is 52.5 Å². The maximum atomic E-state index is 5.47. The zero-order valence-corrected chi connectivity index (χ0v) is 59.5. The van der Waals surface area contributed by atoms with Gasteiger partial charge in [0, 0.05) is 75.1 Å². The van der Waals surface area contributed by atoms with Gasteiger partial charge >= 0.3 is 0 Å². The summed E-state index contributed by atoms with van der Waals surface area (Å²) in [7, 11) is 0. The molecule has 0 aromatic rings. The van der Waals surface area contributed by atoms with E-state index in [0.717, 1.165) is 86.3 Å². The van der Waals surface area contributed by atoms with Crippen LogP contribution in [0.1, 0.15) is 283 Å². The summed E-state index contributed by atoms with van der Waals surface area (Å²) < 4.78 is 31.6. The van der Waals surface area contributed by atoms with Crippen molar-refractivity contribution in [3.63, 3.8) is 0 Å². The molecule has 6 N–H and O–H groups in total. The van der Waals surface area contributed by atoms with Gasteiger partial charge in [0.2, 0.25) is 0 Å². The molecule has 0 spiro atoms. The van der Waals surface area contributed by atoms with Crippen LogP contribution in [0.2, 0.25) is 0 Å². The second-order valence-corrected chi connectivity index (χ2v) is 37.8. The quantitative estimate of drug-likeness (QED) is 0.138. The molecule has 18 aliphatic heterocycles. The largest absolute Gasteiger partial charge is 0.378 e. The van der Waals surface area contributed by atoms with Crippen LogP contribution in [0.5, 0.6) is 0 Å². The summed E-state index contributed by atoms with van der Waals surface area (Å²) in [6.07, 6.45) is 70.7. The molecule has 12 nitrogen and oxygen atoms in total. The van der Waals surface area contributed by atoms with Crippen molar-refractivity contribution in [1.82, 2.24) is 31.9 Å². The lowest BCUT2D eigenvalue weighted by Crippen LogP contribution is -2.52. The molecule has 0 radical (unpaired) electrons. The molecule has 38 fully saturated rings. The van der Waals surface area contributed by atoms with Crippen LogP contribution in [0.4, 0.5) is 0 Å². The second-order valence-electron chi connectivity index (χ2n) is 37.8. The third-order valence-corrected chi connectivity index (χ3v) is 30.2. The van der Waals surface area contributed by atoms with E-state index in [1.807, 2.05) is 0 Å². The predicted molar refractivity (Wildman–Crippen MR) is 377 cm³/mol. The standard InChI is InChI=1S/C7H12.2C6H11N.2C6H10O.2C6H10.C5H10N2.C5H9NO.C5H9N.2C5H8O.2C5H8.C4H6O/c1-2-7-4-3-6(1)5-7;1-2-6-3-5(1)4-7-6;1-2-6-4-3-5(1)7-6;1-2-6-3-5(1)4-7-6;1-2-6-4-3-5(1)7-6;2*1-2-6-3-5(1)4-6;1-4-2-6-5(1)3-7-4;1-4-3-7-5(1)2-6-4;2*1-4-2-5(1)6-3-4;1-2-5-3-4(1)6-5;2*1-4-2-5(1)3-4;1-3-2-4(1)5-3/h6-7H,1-5H2;2*5-7H,1-4H2;2*5-6H,1-4H2;2*5-6H,1-4H2;4-7H,1-3H2;4-6H,1-3H2;4-6H,1-3H2;2*4-5H,1-3H2;2*4-5H,1-3H2;3-4H,1-2H2. The highest BCUT2D eigenvalue weighted by atomic mass is 16.5. The zero-order chi connectivity index (χ0) is 62.6. The van der Waals surface area contributed by atoms with Gasteiger partial charge < -0.3 is 60.3 Å². The normalized spacial score (nSPS) is 50.8. The Morgan fingerprint density at radius 3 is 0.628 bits per heavy atom. The van der Waals surface area contributed by atoms with Gasteiger partial charge in [0.25, 0.3) is 0 Å². The van der Waals surface area contributed by atoms with Gasteiger partial charge in [-0.2, -0.15) is 0 Å². The number of morpholine rings is 1. The van der Waals surface area contributed by atoms with E-state index in [1.165, 1.54) is 246 Å². The molecule has 20 saturated carbocycles. The topological polar surface area (TPSA) is 128 Å². The highest BCUT2D eigenvalue weighted by Gasteiger charge is 2.45. The highest BCUT2D eigenvalue weighted by molar-refractivity contribution is 4.98. The number of hydrogen-bond acceptors (Lipinski definition) is 12. The van der Waals surface area contributed by atoms with Gasteiger partial charge in [-0.25, -0.2) is 0 Å². The predicted octanol–water partition coefficient (Wildman–Crippen LogP) is 14.5. The van der Waals surface area contributed by atoms with Gasteiger partial charge in [-0.3, -0.25) is 0 Å². The number of fused-ring (bicyclic) bond motifs is 19. The number of nitrogens with one attached hydrogen (secondary N) is 6. The molecule has 10 unspecified atom stereocenters. The third-order valence-electron chi connectivity index (χ3n) is 30.2. The molecule has 18 heterocycles. The van der Waals surface area contributed by atoms with E-state index in [4.69, 9.17) is 28.4 Å². The molecule has 18 saturated heterocycles. The average molecular weight is 1310 g/mol. The fourth-order valence-electron chi connectivity index (χ4n) is 22.4. The molecule has 0 amide bonds. The van der Waals surface area contributed by atoms with E-state index >= 15 is 0 Å². The van der Waals surface area contributed by atoms with E-state index in [0.29, 0.717) is 61.0 Å². The fourth-order valence-corrected chi connectivity index (χ4v) is 22.4. The lowest BCUT2D eigenvalue weighted by Gasteiger charge is -2.49. The van der Waals surface area contributed by atoms with Gasteiger partial charge in [0.15, 0.2) is 0 Å². The molecule has 94 heavy (non-hydrogen) atoms. The molecular formula is C82H140N6O6. The van der Waals surface area contributed by atoms with Gasteiger partial charge in [0.05, 0.1) is 61.5 Å². The lowest BCUT2D eigenvalue weighted by molar-refractivity contribution is -0.237. The monoisotopic (exact) mass is 1310 g/mol. The van der Waals surface area contributed by atoms with Crippen molar-refractivity contribution in [2.45, 2.75) is 380 Å². The molecule has 30 bridgehead atoms. The van der Waals surface area contributed by atoms with E-state index < -0.39 is 0 Å². The van der Waals surface area contributed by atoms with Crippen LogP contribution in [0.25, 0.3) is 0 Å². The summed E-state index contributed by atoms with van der Waals surface area (Å²) in [5.41, 5.74) is 0. The Balaban J connectivity index is 0.0000000797. The molecule has 0 aromatic heterocycles. The molecule has 38 aliphatic rings. The van der Waals surface area contributed by atoms with Crippen LogP contribution in [0, 0.1) is 82.9 Å². The molecule has 38 rings (SSSR count). The summed E-state index contributed by atoms with van der Waals surface area (Å²) in [5.74, 6) is 16.0. The Hall–Kier alpha value is -0.480. The summed E-state index contributed by atoms with van der Waals surface area (Å²) in [4.78, 5) is 0. The maximum absolute atomic E-state index is 5.47. The van der Waals surface area contributed by atoms with Crippen LogP contribution in [-0.4, -0.2) is 150 Å². The summed E-state index contributed by atoms with van der Waals surface area (Å²) in [5, 5.41) is 20.5. The molecule has 12 heteroatoms.